The summed E-state index contributed by atoms with van der Waals surface area (Å²) >= 11 is 1.73. The van der Waals surface area contributed by atoms with Crippen molar-refractivity contribution in [2.45, 2.75) is 65.5 Å². The molecule has 1 aromatic carbocycles. The zero-order chi connectivity index (χ0) is 31.8. The van der Waals surface area contributed by atoms with Gasteiger partial charge in [0.25, 0.3) is 5.91 Å². The highest BCUT2D eigenvalue weighted by Gasteiger charge is 2.30. The van der Waals surface area contributed by atoms with Crippen LogP contribution < -0.4 is 5.32 Å². The summed E-state index contributed by atoms with van der Waals surface area (Å²) in [5.41, 5.74) is 3.22. The number of nitrogens with one attached hydrogen (secondary N) is 1. The summed E-state index contributed by atoms with van der Waals surface area (Å²) in [5.74, 6) is 1.60. The summed E-state index contributed by atoms with van der Waals surface area (Å²) in [6.45, 7) is 18.7. The van der Waals surface area contributed by atoms with Crippen molar-refractivity contribution >= 4 is 34.2 Å². The lowest BCUT2D eigenvalue weighted by Crippen LogP contribution is -2.55. The van der Waals surface area contributed by atoms with Gasteiger partial charge in [-0.2, -0.15) is 0 Å². The Bertz CT molecular complexity index is 1480. The molecule has 9 heteroatoms. The van der Waals surface area contributed by atoms with Crippen LogP contribution >= 0.6 is 11.3 Å². The van der Waals surface area contributed by atoms with Gasteiger partial charge >= 0.3 is 0 Å². The third kappa shape index (κ3) is 7.44. The quantitative estimate of drug-likeness (QED) is 0.164. The molecule has 0 unspecified atom stereocenters. The molecule has 8 nitrogen and oxygen atoms in total. The van der Waals surface area contributed by atoms with E-state index >= 15 is 0 Å². The van der Waals surface area contributed by atoms with E-state index in [1.54, 1.807) is 30.6 Å². The lowest BCUT2D eigenvalue weighted by Gasteiger charge is -2.38. The maximum absolute atomic E-state index is 13.8. The fourth-order valence-electron chi connectivity index (χ4n) is 6.05. The summed E-state index contributed by atoms with van der Waals surface area (Å²) in [6, 6.07) is 9.66. The molecule has 1 fully saturated rings. The van der Waals surface area contributed by atoms with E-state index in [0.29, 0.717) is 50.0 Å². The van der Waals surface area contributed by atoms with Gasteiger partial charge < -0.3 is 24.4 Å². The minimum absolute atomic E-state index is 0.0520. The van der Waals surface area contributed by atoms with Crippen LogP contribution in [0, 0.1) is 5.92 Å². The molecular formula is C35H47N5O3S. The summed E-state index contributed by atoms with van der Waals surface area (Å²) < 4.78 is 7.79. The number of aromatic nitrogens is 2. The van der Waals surface area contributed by atoms with Gasteiger partial charge in [0.2, 0.25) is 5.91 Å². The first-order valence-electron chi connectivity index (χ1n) is 15.6. The van der Waals surface area contributed by atoms with E-state index in [1.165, 1.54) is 4.88 Å². The molecule has 0 saturated carbocycles. The number of imidazole rings is 1. The zero-order valence-corrected chi connectivity index (χ0v) is 27.7. The molecule has 0 spiro atoms. The second kappa shape index (κ2) is 15.2. The lowest BCUT2D eigenvalue weighted by atomic mass is 10.0. The minimum atomic E-state index is -0.613. The fraction of sp³-hybridized carbons (Fsp3) is 0.457. The molecule has 1 aliphatic rings. The van der Waals surface area contributed by atoms with Gasteiger partial charge in [-0.15, -0.1) is 11.3 Å². The van der Waals surface area contributed by atoms with Crippen LogP contribution in [0.5, 0.6) is 0 Å². The fourth-order valence-corrected chi connectivity index (χ4v) is 6.75. The Morgan fingerprint density at radius 1 is 1.07 bits per heavy atom. The van der Waals surface area contributed by atoms with Gasteiger partial charge in [0.1, 0.15) is 17.6 Å². The molecule has 4 rings (SSSR count). The molecule has 0 bridgehead atoms. The number of ether oxygens (including phenoxy) is 1. The van der Waals surface area contributed by atoms with Crippen LogP contribution in [0.25, 0.3) is 11.0 Å². The van der Waals surface area contributed by atoms with E-state index in [2.05, 4.69) is 73.1 Å². The number of thiophene rings is 1. The number of allylic oxidation sites excluding steroid dienone is 2. The number of piperazine rings is 1. The average molecular weight is 618 g/mol. The first kappa shape index (κ1) is 33.1. The Kier molecular flexibility index (Phi) is 11.4. The normalized spacial score (nSPS) is 15.0. The van der Waals surface area contributed by atoms with Crippen LogP contribution in [0.3, 0.4) is 0 Å². The van der Waals surface area contributed by atoms with E-state index in [1.807, 2.05) is 23.1 Å². The van der Waals surface area contributed by atoms with Gasteiger partial charge in [-0.05, 0) is 67.0 Å². The molecule has 2 aromatic heterocycles. The number of carbonyl (C=O) groups excluding carboxylic acids is 2. The van der Waals surface area contributed by atoms with Crippen molar-refractivity contribution in [3.05, 3.63) is 88.7 Å². The lowest BCUT2D eigenvalue weighted by molar-refractivity contribution is -0.135. The summed E-state index contributed by atoms with van der Waals surface area (Å²) in [7, 11) is 1.61. The number of rotatable bonds is 14. The second-order valence-corrected chi connectivity index (χ2v) is 12.7. The average Bonchev–Trinajstić information content (AvgIpc) is 3.67. The molecule has 1 saturated heterocycles. The van der Waals surface area contributed by atoms with Gasteiger partial charge in [-0.1, -0.05) is 46.9 Å². The van der Waals surface area contributed by atoms with E-state index in [9.17, 15) is 9.59 Å². The number of fused-ring (bicyclic) bond motifs is 1. The number of methoxy groups -OCH3 is 1. The summed E-state index contributed by atoms with van der Waals surface area (Å²) in [6.07, 6.45) is 6.75. The van der Waals surface area contributed by atoms with E-state index in [0.717, 1.165) is 41.8 Å². The van der Waals surface area contributed by atoms with Gasteiger partial charge in [-0.25, -0.2) is 4.98 Å². The van der Waals surface area contributed by atoms with Crippen molar-refractivity contribution in [3.8, 4) is 0 Å². The van der Waals surface area contributed by atoms with Crippen LogP contribution in [-0.2, 0) is 16.0 Å². The third-order valence-corrected chi connectivity index (χ3v) is 9.21. The summed E-state index contributed by atoms with van der Waals surface area (Å²) in [5, 5.41) is 5.17. The van der Waals surface area contributed by atoms with Gasteiger partial charge in [0, 0.05) is 49.1 Å². The number of amides is 2. The predicted octanol–water partition coefficient (Wildman–Crippen LogP) is 6.57. The Morgan fingerprint density at radius 2 is 1.77 bits per heavy atom. The van der Waals surface area contributed by atoms with Gasteiger partial charge in [0.05, 0.1) is 23.8 Å². The Hall–Kier alpha value is -3.85. The molecule has 0 radical (unpaired) electrons. The smallest absolute Gasteiger partial charge is 0.252 e. The van der Waals surface area contributed by atoms with Crippen molar-refractivity contribution in [1.29, 1.82) is 0 Å². The van der Waals surface area contributed by atoms with Gasteiger partial charge in [-0.3, -0.25) is 9.59 Å². The number of hydrogen-bond donors (Lipinski definition) is 1. The van der Waals surface area contributed by atoms with Crippen molar-refractivity contribution in [2.75, 3.05) is 33.3 Å². The zero-order valence-electron chi connectivity index (χ0n) is 26.8. The highest BCUT2D eigenvalue weighted by Crippen LogP contribution is 2.28. The highest BCUT2D eigenvalue weighted by molar-refractivity contribution is 7.09. The third-order valence-electron chi connectivity index (χ3n) is 8.34. The molecule has 3 aromatic rings. The Morgan fingerprint density at radius 3 is 2.34 bits per heavy atom. The summed E-state index contributed by atoms with van der Waals surface area (Å²) in [4.78, 5) is 37.7. The second-order valence-electron chi connectivity index (χ2n) is 11.7. The van der Waals surface area contributed by atoms with Gasteiger partial charge in [0.15, 0.2) is 0 Å². The highest BCUT2D eigenvalue weighted by atomic mass is 32.1. The monoisotopic (exact) mass is 617 g/mol. The first-order valence-corrected chi connectivity index (χ1v) is 16.5. The number of hydrogen-bond acceptors (Lipinski definition) is 6. The maximum atomic E-state index is 13.8. The van der Waals surface area contributed by atoms with Crippen LogP contribution in [0.4, 0.5) is 0 Å². The molecule has 2 amide bonds. The number of nitrogens with zero attached hydrogens (tertiary/aromatic N) is 4. The minimum Gasteiger partial charge on any atom is -0.495 e. The van der Waals surface area contributed by atoms with Crippen molar-refractivity contribution < 1.29 is 14.3 Å². The molecule has 1 aliphatic heterocycles. The SMILES string of the molecule is C=C/C(OC)=C(\C=C)N1CCN(C(=O)[C@H](CC(C)C)NC(=O)c2ccc3c(c2)nc(Cc2cccs2)n3C(CC)CC)CC1. The van der Waals surface area contributed by atoms with E-state index in [-0.39, 0.29) is 17.7 Å². The van der Waals surface area contributed by atoms with Crippen molar-refractivity contribution in [1.82, 2.24) is 24.7 Å². The van der Waals surface area contributed by atoms with Crippen LogP contribution in [-0.4, -0.2) is 70.5 Å². The largest absolute Gasteiger partial charge is 0.495 e. The molecule has 236 valence electrons. The van der Waals surface area contributed by atoms with Crippen LogP contribution in [0.15, 0.2) is 72.5 Å². The molecule has 1 atom stereocenters. The molecule has 44 heavy (non-hydrogen) atoms. The molecular weight excluding hydrogens is 570 g/mol. The molecule has 1 N–H and O–H groups in total. The Balaban J connectivity index is 1.53. The predicted molar refractivity (Wildman–Crippen MR) is 180 cm³/mol. The van der Waals surface area contributed by atoms with E-state index in [4.69, 9.17) is 9.72 Å². The molecule has 0 aliphatic carbocycles. The topological polar surface area (TPSA) is 79.7 Å². The maximum Gasteiger partial charge on any atom is 0.252 e. The number of carbonyl (C=O) groups is 2. The first-order chi connectivity index (χ1) is 21.2. The van der Waals surface area contributed by atoms with Crippen LogP contribution in [0.2, 0.25) is 0 Å². The Labute approximate surface area is 266 Å². The molecule has 3 heterocycles. The van der Waals surface area contributed by atoms with E-state index < -0.39 is 6.04 Å². The number of benzene rings is 1. The van der Waals surface area contributed by atoms with Crippen molar-refractivity contribution in [3.63, 3.8) is 0 Å². The van der Waals surface area contributed by atoms with Crippen LogP contribution in [0.1, 0.15) is 74.1 Å². The standard InChI is InChI=1S/C35H47N5O3S/c1-8-26(9-2)40-31-15-14-25(22-28(31)36-33(40)23-27-13-12-20-44-27)34(41)37-29(21-24(5)6)35(42)39-18-16-38(17-19-39)30(10-3)32(11-4)43-7/h10-15,20,22,24,26,29H,3-4,8-9,16-19,21,23H2,1-2,5-7H3,(H,37,41)/b32-30-/t29-/m0/s1. The van der Waals surface area contributed by atoms with Crippen molar-refractivity contribution in [2.24, 2.45) is 5.92 Å².